The number of carbonyl (C=O) groups is 1. The number of H-pyrrole nitrogens is 1. The molecule has 4 nitrogen and oxygen atoms in total. The van der Waals surface area contributed by atoms with Crippen LogP contribution in [0.1, 0.15) is 17.4 Å². The number of likely N-dealkylation sites (N-methyl/N-ethyl adjacent to an activating group) is 1. The van der Waals surface area contributed by atoms with Crippen molar-refractivity contribution >= 4 is 28.4 Å². The van der Waals surface area contributed by atoms with Gasteiger partial charge in [0, 0.05) is 28.5 Å². The van der Waals surface area contributed by atoms with Crippen LogP contribution in [0.25, 0.3) is 22.0 Å². The van der Waals surface area contributed by atoms with Crippen LogP contribution in [-0.2, 0) is 0 Å². The molecule has 0 saturated carbocycles. The number of hydrogen-bond acceptors (Lipinski definition) is 2. The van der Waals surface area contributed by atoms with Gasteiger partial charge in [-0.15, -0.1) is 0 Å². The van der Waals surface area contributed by atoms with Crippen molar-refractivity contribution in [3.8, 4) is 11.1 Å². The van der Waals surface area contributed by atoms with Gasteiger partial charge in [0.05, 0.1) is 12.6 Å². The van der Waals surface area contributed by atoms with Gasteiger partial charge < -0.3 is 15.0 Å². The van der Waals surface area contributed by atoms with Crippen LogP contribution in [0.2, 0.25) is 5.02 Å². The molecular weight excluding hydrogens is 324 g/mol. The highest BCUT2D eigenvalue weighted by atomic mass is 35.5. The highest BCUT2D eigenvalue weighted by molar-refractivity contribution is 6.31. The molecule has 0 fully saturated rings. The second-order valence-electron chi connectivity index (χ2n) is 5.88. The lowest BCUT2D eigenvalue weighted by molar-refractivity contribution is 0.0678. The summed E-state index contributed by atoms with van der Waals surface area (Å²) in [7, 11) is 1.69. The minimum absolute atomic E-state index is 0.0883. The minimum Gasteiger partial charge on any atom is -0.394 e. The molecule has 0 unspecified atom stereocenters. The number of rotatable bonds is 4. The monoisotopic (exact) mass is 342 g/mol. The fourth-order valence-electron chi connectivity index (χ4n) is 2.73. The summed E-state index contributed by atoms with van der Waals surface area (Å²) in [4.78, 5) is 17.7. The van der Waals surface area contributed by atoms with Crippen LogP contribution in [0.5, 0.6) is 0 Å². The molecule has 1 atom stereocenters. The molecular formula is C19H19ClN2O2. The fourth-order valence-corrected chi connectivity index (χ4v) is 2.90. The van der Waals surface area contributed by atoms with E-state index in [4.69, 9.17) is 11.6 Å². The second kappa shape index (κ2) is 6.67. The Hall–Kier alpha value is -2.30. The Labute approximate surface area is 145 Å². The van der Waals surface area contributed by atoms with Crippen molar-refractivity contribution < 1.29 is 9.90 Å². The Balaban J connectivity index is 2.22. The highest BCUT2D eigenvalue weighted by Crippen LogP contribution is 2.34. The van der Waals surface area contributed by atoms with Crippen molar-refractivity contribution in [2.45, 2.75) is 13.0 Å². The number of carbonyl (C=O) groups excluding carboxylic acids is 1. The van der Waals surface area contributed by atoms with Gasteiger partial charge in [0.2, 0.25) is 0 Å². The largest absolute Gasteiger partial charge is 0.394 e. The van der Waals surface area contributed by atoms with Gasteiger partial charge >= 0.3 is 0 Å². The molecule has 1 heterocycles. The van der Waals surface area contributed by atoms with Crippen LogP contribution in [0.4, 0.5) is 0 Å². The molecule has 2 N–H and O–H groups in total. The number of aliphatic hydroxyl groups is 1. The molecule has 124 valence electrons. The minimum atomic E-state index is -0.267. The van der Waals surface area contributed by atoms with Gasteiger partial charge in [0.25, 0.3) is 5.91 Å². The zero-order valence-electron chi connectivity index (χ0n) is 13.6. The number of benzene rings is 2. The Morgan fingerprint density at radius 2 is 1.96 bits per heavy atom. The molecule has 0 aliphatic rings. The van der Waals surface area contributed by atoms with Crippen LogP contribution in [0, 0.1) is 0 Å². The van der Waals surface area contributed by atoms with E-state index >= 15 is 0 Å². The molecule has 0 bridgehead atoms. The maximum Gasteiger partial charge on any atom is 0.271 e. The number of amides is 1. The number of aliphatic hydroxyl groups excluding tert-OH is 1. The predicted molar refractivity (Wildman–Crippen MR) is 97.4 cm³/mol. The van der Waals surface area contributed by atoms with Crippen molar-refractivity contribution in [1.82, 2.24) is 9.88 Å². The van der Waals surface area contributed by atoms with Gasteiger partial charge in [-0.3, -0.25) is 4.79 Å². The zero-order chi connectivity index (χ0) is 17.3. The Bertz CT molecular complexity index is 874. The first-order valence-electron chi connectivity index (χ1n) is 7.77. The van der Waals surface area contributed by atoms with Crippen LogP contribution in [0.3, 0.4) is 0 Å². The lowest BCUT2D eigenvalue weighted by Crippen LogP contribution is -2.37. The van der Waals surface area contributed by atoms with Crippen molar-refractivity contribution in [1.29, 1.82) is 0 Å². The number of nitrogens with one attached hydrogen (secondary N) is 1. The zero-order valence-corrected chi connectivity index (χ0v) is 14.3. The maximum absolute atomic E-state index is 12.9. The fraction of sp³-hybridized carbons (Fsp3) is 0.211. The quantitative estimate of drug-likeness (QED) is 0.754. The average Bonchev–Trinajstić information content (AvgIpc) is 2.98. The first-order valence-corrected chi connectivity index (χ1v) is 8.15. The molecule has 3 rings (SSSR count). The molecule has 0 saturated heterocycles. The van der Waals surface area contributed by atoms with E-state index in [1.165, 1.54) is 0 Å². The van der Waals surface area contributed by atoms with E-state index in [0.717, 1.165) is 22.0 Å². The molecule has 0 spiro atoms. The van der Waals surface area contributed by atoms with E-state index in [9.17, 15) is 9.90 Å². The van der Waals surface area contributed by atoms with Gasteiger partial charge in [0.15, 0.2) is 0 Å². The van der Waals surface area contributed by atoms with E-state index in [1.54, 1.807) is 24.9 Å². The van der Waals surface area contributed by atoms with Gasteiger partial charge in [-0.1, -0.05) is 41.9 Å². The van der Waals surface area contributed by atoms with E-state index in [1.807, 2.05) is 42.5 Å². The van der Waals surface area contributed by atoms with Gasteiger partial charge in [-0.05, 0) is 30.7 Å². The summed E-state index contributed by atoms with van der Waals surface area (Å²) in [5.41, 5.74) is 3.13. The number of nitrogens with zero attached hydrogens (tertiary/aromatic N) is 1. The molecule has 1 aromatic heterocycles. The SMILES string of the molecule is C[C@@H](CO)N(C)C(=O)c1[nH]c2ccc(Cl)cc2c1-c1ccccc1. The molecule has 0 aliphatic carbocycles. The molecule has 24 heavy (non-hydrogen) atoms. The van der Waals surface area contributed by atoms with Crippen molar-refractivity contribution in [3.63, 3.8) is 0 Å². The third-order valence-electron chi connectivity index (χ3n) is 4.28. The Morgan fingerprint density at radius 3 is 2.62 bits per heavy atom. The van der Waals surface area contributed by atoms with Crippen molar-refractivity contribution in [3.05, 3.63) is 59.2 Å². The summed E-state index contributed by atoms with van der Waals surface area (Å²) >= 11 is 6.16. The molecule has 2 aromatic carbocycles. The Kier molecular flexibility index (Phi) is 4.60. The van der Waals surface area contributed by atoms with Crippen molar-refractivity contribution in [2.75, 3.05) is 13.7 Å². The number of aromatic amines is 1. The van der Waals surface area contributed by atoms with Crippen LogP contribution in [0.15, 0.2) is 48.5 Å². The summed E-state index contributed by atoms with van der Waals surface area (Å²) in [5, 5.41) is 10.9. The van der Waals surface area contributed by atoms with Crippen molar-refractivity contribution in [2.24, 2.45) is 0 Å². The number of aromatic nitrogens is 1. The molecule has 0 aliphatic heterocycles. The summed E-state index contributed by atoms with van der Waals surface area (Å²) in [6, 6.07) is 15.0. The summed E-state index contributed by atoms with van der Waals surface area (Å²) < 4.78 is 0. The summed E-state index contributed by atoms with van der Waals surface area (Å²) in [5.74, 6) is -0.164. The van der Waals surface area contributed by atoms with Gasteiger partial charge in [-0.25, -0.2) is 0 Å². The van der Waals surface area contributed by atoms with E-state index in [2.05, 4.69) is 4.98 Å². The predicted octanol–water partition coefficient (Wildman–Crippen LogP) is 3.94. The molecule has 0 radical (unpaired) electrons. The lowest BCUT2D eigenvalue weighted by atomic mass is 10.0. The van der Waals surface area contributed by atoms with E-state index in [0.29, 0.717) is 10.7 Å². The average molecular weight is 343 g/mol. The standard InChI is InChI=1S/C19H19ClN2O2/c1-12(11-23)22(2)19(24)18-17(13-6-4-3-5-7-13)15-10-14(20)8-9-16(15)21-18/h3-10,12,21,23H,11H2,1-2H3/t12-/m0/s1. The van der Waals surface area contributed by atoms with Gasteiger partial charge in [-0.2, -0.15) is 0 Å². The molecule has 1 amide bonds. The highest BCUT2D eigenvalue weighted by Gasteiger charge is 2.24. The topological polar surface area (TPSA) is 56.3 Å². The van der Waals surface area contributed by atoms with Crippen LogP contribution < -0.4 is 0 Å². The van der Waals surface area contributed by atoms with Crippen LogP contribution in [-0.4, -0.2) is 40.6 Å². The third-order valence-corrected chi connectivity index (χ3v) is 4.52. The number of fused-ring (bicyclic) bond motifs is 1. The summed E-state index contributed by atoms with van der Waals surface area (Å²) in [6.45, 7) is 1.72. The first kappa shape index (κ1) is 16.6. The third kappa shape index (κ3) is 2.90. The maximum atomic E-state index is 12.9. The molecule has 3 aromatic rings. The van der Waals surface area contributed by atoms with E-state index in [-0.39, 0.29) is 18.6 Å². The van der Waals surface area contributed by atoms with Crippen LogP contribution >= 0.6 is 11.6 Å². The lowest BCUT2D eigenvalue weighted by Gasteiger charge is -2.23. The van der Waals surface area contributed by atoms with Gasteiger partial charge in [0.1, 0.15) is 5.69 Å². The van der Waals surface area contributed by atoms with E-state index < -0.39 is 0 Å². The normalized spacial score (nSPS) is 12.3. The summed E-state index contributed by atoms with van der Waals surface area (Å²) in [6.07, 6.45) is 0. The number of halogens is 1. The second-order valence-corrected chi connectivity index (χ2v) is 6.32. The molecule has 5 heteroatoms. The Morgan fingerprint density at radius 1 is 1.25 bits per heavy atom. The smallest absolute Gasteiger partial charge is 0.271 e. The number of hydrogen-bond donors (Lipinski definition) is 2. The first-order chi connectivity index (χ1) is 11.5.